The van der Waals surface area contributed by atoms with Gasteiger partial charge in [-0.2, -0.15) is 0 Å². The molecule has 0 spiro atoms. The number of carbonyl (C=O) groups is 3. The van der Waals surface area contributed by atoms with Crippen LogP contribution in [0.25, 0.3) is 0 Å². The molecular weight excluding hydrogens is 378 g/mol. The predicted molar refractivity (Wildman–Crippen MR) is 37.1 cm³/mol. The molecule has 7 nitrogen and oxygen atoms in total. The summed E-state index contributed by atoms with van der Waals surface area (Å²) in [6, 6.07) is 0. The van der Waals surface area contributed by atoms with E-state index in [2.05, 4.69) is 0 Å². The summed E-state index contributed by atoms with van der Waals surface area (Å²) < 4.78 is 0. The molecule has 0 aromatic carbocycles. The van der Waals surface area contributed by atoms with Gasteiger partial charge >= 0.3 is 17.9 Å². The number of carboxylic acids is 3. The maximum Gasteiger partial charge on any atom is 0.336 e. The van der Waals surface area contributed by atoms with E-state index in [4.69, 9.17) is 20.4 Å². The summed E-state index contributed by atoms with van der Waals surface area (Å²) in [5.74, 6) is -5.02. The van der Waals surface area contributed by atoms with E-state index >= 15 is 0 Å². The van der Waals surface area contributed by atoms with Gasteiger partial charge in [0, 0.05) is 52.7 Å². The zero-order chi connectivity index (χ0) is 10.6. The van der Waals surface area contributed by atoms with Gasteiger partial charge in [0.25, 0.3) is 0 Å². The van der Waals surface area contributed by atoms with Crippen LogP contribution >= 0.6 is 0 Å². The molecule has 0 unspecified atom stereocenters. The minimum Gasteiger partial charge on any atom is -0.481 e. The molecule has 0 saturated carbocycles. The number of aliphatic carboxylic acids is 3. The molecule has 0 aromatic rings. The Morgan fingerprint density at radius 1 is 0.933 bits per heavy atom. The summed E-state index contributed by atoms with van der Waals surface area (Å²) in [7, 11) is 0. The van der Waals surface area contributed by atoms with Crippen molar-refractivity contribution in [1.29, 1.82) is 0 Å². The van der Waals surface area contributed by atoms with Gasteiger partial charge in [0.05, 0.1) is 12.8 Å². The fourth-order valence-corrected chi connectivity index (χ4v) is 0.714. The third-order valence-electron chi connectivity index (χ3n) is 1.29. The topological polar surface area (TPSA) is 132 Å². The van der Waals surface area contributed by atoms with E-state index in [9.17, 15) is 14.4 Å². The van der Waals surface area contributed by atoms with Crippen LogP contribution in [0.1, 0.15) is 12.8 Å². The normalized spacial score (nSPS) is 9.40. The number of aliphatic hydroxyl groups is 1. The molecule has 0 rings (SSSR count). The largest absolute Gasteiger partial charge is 0.481 e. The SMILES string of the molecule is O=C(O)CC(O)(CC(=O)O)C(=O)O.[La].[Mn]. The van der Waals surface area contributed by atoms with Crippen LogP contribution in [0.2, 0.25) is 0 Å². The van der Waals surface area contributed by atoms with Crippen LogP contribution in [-0.2, 0) is 31.5 Å². The van der Waals surface area contributed by atoms with Crippen molar-refractivity contribution >= 4 is 17.9 Å². The molecule has 0 aliphatic heterocycles. The molecule has 2 radical (unpaired) electrons. The Morgan fingerprint density at radius 3 is 1.33 bits per heavy atom. The van der Waals surface area contributed by atoms with Gasteiger partial charge in [-0.1, -0.05) is 0 Å². The van der Waals surface area contributed by atoms with E-state index in [1.165, 1.54) is 0 Å². The number of hydrogen-bond donors (Lipinski definition) is 4. The van der Waals surface area contributed by atoms with Crippen LogP contribution in [0.4, 0.5) is 0 Å². The smallest absolute Gasteiger partial charge is 0.336 e. The van der Waals surface area contributed by atoms with Crippen molar-refractivity contribution in [2.24, 2.45) is 0 Å². The van der Waals surface area contributed by atoms with Crippen molar-refractivity contribution in [2.75, 3.05) is 0 Å². The molecule has 15 heavy (non-hydrogen) atoms. The van der Waals surface area contributed by atoms with Crippen LogP contribution in [0, 0.1) is 35.6 Å². The molecule has 0 fully saturated rings. The molecule has 0 bridgehead atoms. The maximum absolute atomic E-state index is 10.3. The van der Waals surface area contributed by atoms with Crippen LogP contribution in [0.3, 0.4) is 0 Å². The van der Waals surface area contributed by atoms with E-state index in [1.807, 2.05) is 0 Å². The first-order valence-electron chi connectivity index (χ1n) is 3.17. The first-order valence-corrected chi connectivity index (χ1v) is 3.17. The summed E-state index contributed by atoms with van der Waals surface area (Å²) in [5.41, 5.74) is -2.74. The molecule has 0 aliphatic rings. The Hall–Kier alpha value is 0.0843. The number of rotatable bonds is 5. The van der Waals surface area contributed by atoms with Crippen LogP contribution in [0.15, 0.2) is 0 Å². The van der Waals surface area contributed by atoms with Crippen molar-refractivity contribution < 1.29 is 87.5 Å². The predicted octanol–water partition coefficient (Wildman–Crippen LogP) is -1.25. The van der Waals surface area contributed by atoms with Crippen molar-refractivity contribution in [3.05, 3.63) is 0 Å². The van der Waals surface area contributed by atoms with E-state index in [-0.39, 0.29) is 52.7 Å². The first-order chi connectivity index (χ1) is 5.78. The molecular formula is C6H8LaMnO7. The van der Waals surface area contributed by atoms with Crippen LogP contribution in [-0.4, -0.2) is 43.9 Å². The van der Waals surface area contributed by atoms with E-state index < -0.39 is 36.4 Å². The molecule has 9 heteroatoms. The standard InChI is InChI=1S/C6H8O7.La.Mn/c7-3(8)1-6(13,5(11)12)2-4(9)10;;/h13H,1-2H2,(H,7,8)(H,9,10)(H,11,12);;. The quantitative estimate of drug-likeness (QED) is 0.434. The second kappa shape index (κ2) is 8.26. The maximum atomic E-state index is 10.3. The first kappa shape index (κ1) is 20.5. The Bertz CT molecular complexity index is 238. The van der Waals surface area contributed by atoms with Gasteiger partial charge in [0.2, 0.25) is 0 Å². The summed E-state index contributed by atoms with van der Waals surface area (Å²) in [6.07, 6.45) is -2.29. The van der Waals surface area contributed by atoms with Crippen LogP contribution in [0.5, 0.6) is 0 Å². The second-order valence-corrected chi connectivity index (χ2v) is 2.48. The zero-order valence-corrected chi connectivity index (χ0v) is 12.2. The van der Waals surface area contributed by atoms with Crippen molar-refractivity contribution in [3.63, 3.8) is 0 Å². The Kier molecular flexibility index (Phi) is 11.3. The molecule has 4 N–H and O–H groups in total. The molecule has 0 aromatic heterocycles. The Morgan fingerprint density at radius 2 is 1.20 bits per heavy atom. The number of carboxylic acid groups (broad SMARTS) is 3. The summed E-state index contributed by atoms with van der Waals surface area (Å²) in [4.78, 5) is 30.5. The van der Waals surface area contributed by atoms with E-state index in [1.54, 1.807) is 0 Å². The summed E-state index contributed by atoms with van der Waals surface area (Å²) >= 11 is 0. The monoisotopic (exact) mass is 386 g/mol. The Balaban J connectivity index is -0.000000720. The molecule has 0 aliphatic carbocycles. The summed E-state index contributed by atoms with van der Waals surface area (Å²) in [6.45, 7) is 0. The molecule has 0 amide bonds. The minimum absolute atomic E-state index is 0. The molecule has 84 valence electrons. The van der Waals surface area contributed by atoms with Gasteiger partial charge in [-0.3, -0.25) is 9.59 Å². The van der Waals surface area contributed by atoms with Crippen molar-refractivity contribution in [2.45, 2.75) is 18.4 Å². The fourth-order valence-electron chi connectivity index (χ4n) is 0.714. The third kappa shape index (κ3) is 7.95. The Labute approximate surface area is 123 Å². The van der Waals surface area contributed by atoms with Crippen molar-refractivity contribution in [3.8, 4) is 0 Å². The zero-order valence-electron chi connectivity index (χ0n) is 7.38. The average molecular weight is 386 g/mol. The van der Waals surface area contributed by atoms with Crippen molar-refractivity contribution in [1.82, 2.24) is 0 Å². The fraction of sp³-hybridized carbons (Fsp3) is 0.500. The van der Waals surface area contributed by atoms with Gasteiger partial charge in [0.15, 0.2) is 5.60 Å². The minimum atomic E-state index is -2.74. The average Bonchev–Trinajstić information content (AvgIpc) is 1.82. The molecule has 0 atom stereocenters. The van der Waals surface area contributed by atoms with Gasteiger partial charge in [0.1, 0.15) is 0 Å². The third-order valence-corrected chi connectivity index (χ3v) is 1.29. The summed E-state index contributed by atoms with van der Waals surface area (Å²) in [5, 5.41) is 33.8. The second-order valence-electron chi connectivity index (χ2n) is 2.48. The van der Waals surface area contributed by atoms with Gasteiger partial charge < -0.3 is 20.4 Å². The van der Waals surface area contributed by atoms with E-state index in [0.717, 1.165) is 0 Å². The number of hydrogen-bond acceptors (Lipinski definition) is 4. The molecule has 0 heterocycles. The van der Waals surface area contributed by atoms with Gasteiger partial charge in [-0.25, -0.2) is 4.79 Å². The van der Waals surface area contributed by atoms with Gasteiger partial charge in [-0.15, -0.1) is 0 Å². The molecule has 0 saturated heterocycles. The van der Waals surface area contributed by atoms with Crippen LogP contribution < -0.4 is 0 Å². The van der Waals surface area contributed by atoms with Gasteiger partial charge in [-0.05, 0) is 0 Å². The van der Waals surface area contributed by atoms with E-state index in [0.29, 0.717) is 0 Å².